The van der Waals surface area contributed by atoms with E-state index in [4.69, 9.17) is 9.47 Å². The maximum atomic E-state index is 5.92. The third-order valence-corrected chi connectivity index (χ3v) is 5.46. The van der Waals surface area contributed by atoms with E-state index in [2.05, 4.69) is 46.5 Å². The van der Waals surface area contributed by atoms with Crippen LogP contribution in [0.5, 0.6) is 11.5 Å². The van der Waals surface area contributed by atoms with Gasteiger partial charge in [-0.15, -0.1) is 0 Å². The Hall–Kier alpha value is -1.95. The standard InChI is InChI=1S/C21H34N4O2/c1-5-25-9-7-8-18(25)14-24-21(22-4)23-13-17-12-20-16(10-15(3)27-20)11-19(17)26-6-2/h11-12,15,18H,5-10,13-14H2,1-4H3,(H2,22,23,24). The van der Waals surface area contributed by atoms with E-state index >= 15 is 0 Å². The summed E-state index contributed by atoms with van der Waals surface area (Å²) in [5.74, 6) is 2.75. The molecule has 0 spiro atoms. The van der Waals surface area contributed by atoms with Crippen LogP contribution >= 0.6 is 0 Å². The molecule has 1 fully saturated rings. The van der Waals surface area contributed by atoms with Gasteiger partial charge in [0.15, 0.2) is 5.96 Å². The lowest BCUT2D eigenvalue weighted by molar-refractivity contribution is 0.254. The van der Waals surface area contributed by atoms with Gasteiger partial charge in [-0.1, -0.05) is 6.92 Å². The van der Waals surface area contributed by atoms with E-state index in [0.29, 0.717) is 19.2 Å². The minimum Gasteiger partial charge on any atom is -0.494 e. The number of ether oxygens (including phenoxy) is 2. The van der Waals surface area contributed by atoms with Gasteiger partial charge in [-0.2, -0.15) is 0 Å². The van der Waals surface area contributed by atoms with Crippen molar-refractivity contribution in [2.24, 2.45) is 4.99 Å². The first-order valence-corrected chi connectivity index (χ1v) is 10.3. The molecule has 2 heterocycles. The van der Waals surface area contributed by atoms with Crippen LogP contribution in [-0.4, -0.2) is 56.3 Å². The van der Waals surface area contributed by atoms with Crippen LogP contribution in [0.4, 0.5) is 0 Å². The minimum absolute atomic E-state index is 0.236. The number of guanidine groups is 1. The fourth-order valence-electron chi connectivity index (χ4n) is 4.07. The van der Waals surface area contributed by atoms with Crippen molar-refractivity contribution in [3.63, 3.8) is 0 Å². The molecule has 3 rings (SSSR count). The van der Waals surface area contributed by atoms with Gasteiger partial charge in [-0.05, 0) is 51.9 Å². The number of nitrogens with one attached hydrogen (secondary N) is 2. The van der Waals surface area contributed by atoms with Gasteiger partial charge in [0, 0.05) is 43.7 Å². The number of fused-ring (bicyclic) bond motifs is 1. The Morgan fingerprint density at radius 1 is 1.33 bits per heavy atom. The smallest absolute Gasteiger partial charge is 0.191 e. The molecule has 1 saturated heterocycles. The van der Waals surface area contributed by atoms with Gasteiger partial charge in [0.05, 0.1) is 6.61 Å². The molecule has 0 radical (unpaired) electrons. The van der Waals surface area contributed by atoms with Crippen LogP contribution in [0.15, 0.2) is 17.1 Å². The molecule has 6 heteroatoms. The number of likely N-dealkylation sites (N-methyl/N-ethyl adjacent to an activating group) is 1. The van der Waals surface area contributed by atoms with E-state index in [1.165, 1.54) is 24.9 Å². The van der Waals surface area contributed by atoms with Gasteiger partial charge in [0.2, 0.25) is 0 Å². The number of benzene rings is 1. The summed E-state index contributed by atoms with van der Waals surface area (Å²) >= 11 is 0. The summed E-state index contributed by atoms with van der Waals surface area (Å²) in [4.78, 5) is 6.91. The average Bonchev–Trinajstić information content (AvgIpc) is 3.26. The van der Waals surface area contributed by atoms with E-state index in [0.717, 1.165) is 42.5 Å². The van der Waals surface area contributed by atoms with Gasteiger partial charge in [0.1, 0.15) is 17.6 Å². The molecule has 27 heavy (non-hydrogen) atoms. The summed E-state index contributed by atoms with van der Waals surface area (Å²) in [7, 11) is 1.82. The average molecular weight is 375 g/mol. The fourth-order valence-corrected chi connectivity index (χ4v) is 4.07. The van der Waals surface area contributed by atoms with E-state index < -0.39 is 0 Å². The van der Waals surface area contributed by atoms with Crippen molar-refractivity contribution >= 4 is 5.96 Å². The molecule has 0 aromatic heterocycles. The van der Waals surface area contributed by atoms with Crippen LogP contribution in [0.2, 0.25) is 0 Å². The number of aliphatic imine (C=N–C) groups is 1. The molecule has 150 valence electrons. The molecule has 0 saturated carbocycles. The van der Waals surface area contributed by atoms with Crippen molar-refractivity contribution in [1.82, 2.24) is 15.5 Å². The number of hydrogen-bond acceptors (Lipinski definition) is 4. The third kappa shape index (κ3) is 4.86. The molecule has 0 aliphatic carbocycles. The molecular formula is C21H34N4O2. The second-order valence-corrected chi connectivity index (χ2v) is 7.36. The number of nitrogens with zero attached hydrogens (tertiary/aromatic N) is 2. The minimum atomic E-state index is 0.236. The molecule has 2 atom stereocenters. The molecule has 0 bridgehead atoms. The highest BCUT2D eigenvalue weighted by atomic mass is 16.5. The number of likely N-dealkylation sites (tertiary alicyclic amines) is 1. The monoisotopic (exact) mass is 374 g/mol. The maximum absolute atomic E-state index is 5.92. The van der Waals surface area contributed by atoms with Crippen LogP contribution in [0.25, 0.3) is 0 Å². The summed E-state index contributed by atoms with van der Waals surface area (Å²) in [6, 6.07) is 4.84. The zero-order chi connectivity index (χ0) is 19.2. The number of hydrogen-bond donors (Lipinski definition) is 2. The van der Waals surface area contributed by atoms with Crippen LogP contribution in [0.1, 0.15) is 44.7 Å². The zero-order valence-corrected chi connectivity index (χ0v) is 17.2. The lowest BCUT2D eigenvalue weighted by Gasteiger charge is -2.24. The Morgan fingerprint density at radius 2 is 2.19 bits per heavy atom. The maximum Gasteiger partial charge on any atom is 0.191 e. The Balaban J connectivity index is 1.60. The summed E-state index contributed by atoms with van der Waals surface area (Å²) in [6.45, 7) is 10.9. The summed E-state index contributed by atoms with van der Waals surface area (Å²) in [5, 5.41) is 6.91. The largest absolute Gasteiger partial charge is 0.494 e. The van der Waals surface area contributed by atoms with Gasteiger partial charge < -0.3 is 20.1 Å². The summed E-state index contributed by atoms with van der Waals surface area (Å²) in [5.41, 5.74) is 2.33. The van der Waals surface area contributed by atoms with Crippen LogP contribution in [0.3, 0.4) is 0 Å². The molecule has 2 unspecified atom stereocenters. The second-order valence-electron chi connectivity index (χ2n) is 7.36. The van der Waals surface area contributed by atoms with E-state index in [9.17, 15) is 0 Å². The van der Waals surface area contributed by atoms with Crippen molar-refractivity contribution < 1.29 is 9.47 Å². The Bertz CT molecular complexity index is 662. The van der Waals surface area contributed by atoms with Crippen molar-refractivity contribution in [1.29, 1.82) is 0 Å². The zero-order valence-electron chi connectivity index (χ0n) is 17.2. The first-order chi connectivity index (χ1) is 13.1. The molecule has 2 aliphatic heterocycles. The van der Waals surface area contributed by atoms with Gasteiger partial charge in [0.25, 0.3) is 0 Å². The fraction of sp³-hybridized carbons (Fsp3) is 0.667. The van der Waals surface area contributed by atoms with E-state index in [1.54, 1.807) is 0 Å². The molecule has 0 amide bonds. The van der Waals surface area contributed by atoms with Crippen LogP contribution in [0, 0.1) is 0 Å². The van der Waals surface area contributed by atoms with Gasteiger partial charge in [-0.3, -0.25) is 9.89 Å². The van der Waals surface area contributed by atoms with Gasteiger partial charge in [-0.25, -0.2) is 0 Å². The summed E-state index contributed by atoms with van der Waals surface area (Å²) in [6.07, 6.45) is 3.73. The van der Waals surface area contributed by atoms with Gasteiger partial charge >= 0.3 is 0 Å². The Kier molecular flexibility index (Phi) is 6.83. The highest BCUT2D eigenvalue weighted by molar-refractivity contribution is 5.79. The summed E-state index contributed by atoms with van der Waals surface area (Å²) < 4.78 is 11.8. The lowest BCUT2D eigenvalue weighted by Crippen LogP contribution is -2.44. The molecule has 1 aromatic rings. The highest BCUT2D eigenvalue weighted by Gasteiger charge is 2.23. The van der Waals surface area contributed by atoms with Crippen molar-refractivity contribution in [3.05, 3.63) is 23.3 Å². The predicted octanol–water partition coefficient (Wildman–Crippen LogP) is 2.56. The third-order valence-electron chi connectivity index (χ3n) is 5.46. The molecular weight excluding hydrogens is 340 g/mol. The first-order valence-electron chi connectivity index (χ1n) is 10.3. The SMILES string of the molecule is CCOc1cc2c(cc1CNC(=NC)NCC1CCCN1CC)OC(C)C2. The molecule has 2 N–H and O–H groups in total. The van der Waals surface area contributed by atoms with Crippen molar-refractivity contribution in [2.45, 2.75) is 58.7 Å². The van der Waals surface area contributed by atoms with E-state index in [1.807, 2.05) is 14.0 Å². The Labute approximate surface area is 163 Å². The topological polar surface area (TPSA) is 58.1 Å². The second kappa shape index (κ2) is 9.31. The highest BCUT2D eigenvalue weighted by Crippen LogP contribution is 2.35. The quantitative estimate of drug-likeness (QED) is 0.567. The van der Waals surface area contributed by atoms with Crippen molar-refractivity contribution in [3.8, 4) is 11.5 Å². The van der Waals surface area contributed by atoms with Crippen molar-refractivity contribution in [2.75, 3.05) is 33.3 Å². The Morgan fingerprint density at radius 3 is 2.93 bits per heavy atom. The van der Waals surface area contributed by atoms with E-state index in [-0.39, 0.29) is 6.10 Å². The number of rotatable bonds is 7. The molecule has 6 nitrogen and oxygen atoms in total. The molecule has 2 aliphatic rings. The lowest BCUT2D eigenvalue weighted by atomic mass is 10.1. The first kappa shape index (κ1) is 19.8. The molecule has 1 aromatic carbocycles. The van der Waals surface area contributed by atoms with Crippen LogP contribution in [-0.2, 0) is 13.0 Å². The predicted molar refractivity (Wildman–Crippen MR) is 110 cm³/mol. The normalized spacial score (nSPS) is 22.4. The van der Waals surface area contributed by atoms with Crippen LogP contribution < -0.4 is 20.1 Å².